The first-order valence-electron chi connectivity index (χ1n) is 12.5. The molecular weight excluding hydrogens is 476 g/mol. The van der Waals surface area contributed by atoms with Crippen LogP contribution in [0.1, 0.15) is 37.8 Å². The molecule has 4 aromatic carbocycles. The van der Waals surface area contributed by atoms with Crippen molar-refractivity contribution in [2.75, 3.05) is 4.90 Å². The summed E-state index contributed by atoms with van der Waals surface area (Å²) in [6.07, 6.45) is 4.04. The summed E-state index contributed by atoms with van der Waals surface area (Å²) in [6.45, 7) is 0. The summed E-state index contributed by atoms with van der Waals surface area (Å²) < 4.78 is 0. The molecule has 0 amide bonds. The topological polar surface area (TPSA) is 80.5 Å². The van der Waals surface area contributed by atoms with Gasteiger partial charge in [-0.1, -0.05) is 103 Å². The molecule has 2 aliphatic heterocycles. The van der Waals surface area contributed by atoms with E-state index in [1.807, 2.05) is 97.1 Å². The molecule has 38 heavy (non-hydrogen) atoms. The van der Waals surface area contributed by atoms with Crippen LogP contribution in [0.15, 0.2) is 115 Å². The van der Waals surface area contributed by atoms with Gasteiger partial charge in [0.25, 0.3) is 5.69 Å². The lowest BCUT2D eigenvalue weighted by atomic mass is 9.76. The predicted octanol–water partition coefficient (Wildman–Crippen LogP) is 6.34. The molecule has 6 rings (SSSR count). The maximum Gasteiger partial charge on any atom is 0.270 e. The van der Waals surface area contributed by atoms with Gasteiger partial charge >= 0.3 is 0 Å². The van der Waals surface area contributed by atoms with Crippen molar-refractivity contribution in [3.8, 4) is 0 Å². The van der Waals surface area contributed by atoms with E-state index >= 15 is 0 Å². The van der Waals surface area contributed by atoms with Gasteiger partial charge in [-0.05, 0) is 17.2 Å². The minimum atomic E-state index is -0.742. The van der Waals surface area contributed by atoms with E-state index < -0.39 is 22.8 Å². The number of hydrogen-bond donors (Lipinski definition) is 0. The Bertz CT molecular complexity index is 1560. The normalized spacial score (nSPS) is 21.4. The van der Waals surface area contributed by atoms with Crippen molar-refractivity contribution < 1.29 is 14.5 Å². The first kappa shape index (κ1) is 23.6. The van der Waals surface area contributed by atoms with Gasteiger partial charge in [0, 0.05) is 34.9 Å². The van der Waals surface area contributed by atoms with Gasteiger partial charge in [0.1, 0.15) is 6.04 Å². The second-order valence-electron chi connectivity index (χ2n) is 9.62. The number of fused-ring (bicyclic) bond motifs is 3. The van der Waals surface area contributed by atoms with Crippen molar-refractivity contribution in [1.29, 1.82) is 0 Å². The fourth-order valence-corrected chi connectivity index (χ4v) is 5.94. The van der Waals surface area contributed by atoms with Crippen LogP contribution in [0.2, 0.25) is 0 Å². The Morgan fingerprint density at radius 2 is 1.39 bits per heavy atom. The van der Waals surface area contributed by atoms with Crippen molar-refractivity contribution in [3.63, 3.8) is 0 Å². The molecular formula is C32H24N2O4. The molecule has 0 N–H and O–H groups in total. The number of rotatable bonds is 6. The molecule has 0 radical (unpaired) electrons. The van der Waals surface area contributed by atoms with Crippen LogP contribution in [-0.4, -0.2) is 28.6 Å². The van der Waals surface area contributed by atoms with E-state index in [4.69, 9.17) is 0 Å². The van der Waals surface area contributed by atoms with Gasteiger partial charge in [-0.15, -0.1) is 0 Å². The van der Waals surface area contributed by atoms with Crippen LogP contribution in [-0.2, 0) is 0 Å². The number of nitrogens with zero attached hydrogens (tertiary/aromatic N) is 2. The Kier molecular flexibility index (Phi) is 5.92. The van der Waals surface area contributed by atoms with Crippen LogP contribution < -0.4 is 4.90 Å². The van der Waals surface area contributed by atoms with Gasteiger partial charge in [0.15, 0.2) is 11.6 Å². The van der Waals surface area contributed by atoms with Crippen LogP contribution in [0.3, 0.4) is 0 Å². The molecule has 186 valence electrons. The van der Waals surface area contributed by atoms with Gasteiger partial charge in [-0.25, -0.2) is 0 Å². The molecule has 0 unspecified atom stereocenters. The minimum Gasteiger partial charge on any atom is -0.353 e. The zero-order valence-corrected chi connectivity index (χ0v) is 20.4. The molecule has 1 fully saturated rings. The Morgan fingerprint density at radius 3 is 2.13 bits per heavy atom. The molecule has 0 spiro atoms. The van der Waals surface area contributed by atoms with E-state index in [0.29, 0.717) is 5.56 Å². The third kappa shape index (κ3) is 3.91. The highest BCUT2D eigenvalue weighted by Crippen LogP contribution is 2.50. The summed E-state index contributed by atoms with van der Waals surface area (Å²) in [5, 5.41) is 11.5. The van der Waals surface area contributed by atoms with E-state index in [0.717, 1.165) is 16.8 Å². The highest BCUT2D eigenvalue weighted by Gasteiger charge is 2.55. The van der Waals surface area contributed by atoms with E-state index in [-0.39, 0.29) is 28.9 Å². The average Bonchev–Trinajstić information content (AvgIpc) is 3.33. The third-order valence-electron chi connectivity index (χ3n) is 7.56. The molecule has 0 bridgehead atoms. The SMILES string of the molecule is O=C(c1ccccc1)[C@@H]1[C@@H](c2ccccc2)[C@@H](C(=O)c2cccc([N+](=O)[O-])c2)N2c3ccccc3C=C[C@@H]12. The maximum atomic E-state index is 14.4. The lowest BCUT2D eigenvalue weighted by Crippen LogP contribution is -2.43. The standard InChI is InChI=1S/C32H24N2O4/c35-31(23-13-5-2-6-14-23)29-27-19-18-21-10-7-8-17-26(21)33(27)30(28(29)22-11-3-1-4-12-22)32(36)24-15-9-16-25(20-24)34(37)38/h1-20,27-30H/t27-,28+,29-,30-/m0/s1. The molecule has 0 aliphatic carbocycles. The molecule has 2 heterocycles. The van der Waals surface area contributed by atoms with Crippen molar-refractivity contribution in [2.24, 2.45) is 5.92 Å². The fourth-order valence-electron chi connectivity index (χ4n) is 5.94. The molecule has 1 saturated heterocycles. The number of carbonyl (C=O) groups is 2. The third-order valence-corrected chi connectivity index (χ3v) is 7.56. The summed E-state index contributed by atoms with van der Waals surface area (Å²) in [5.74, 6) is -1.30. The van der Waals surface area contributed by atoms with Gasteiger partial charge in [0.05, 0.1) is 16.9 Å². The van der Waals surface area contributed by atoms with Crippen molar-refractivity contribution in [1.82, 2.24) is 0 Å². The second kappa shape index (κ2) is 9.56. The number of hydrogen-bond acceptors (Lipinski definition) is 5. The highest BCUT2D eigenvalue weighted by atomic mass is 16.6. The van der Waals surface area contributed by atoms with E-state index in [1.54, 1.807) is 6.07 Å². The Hall–Kier alpha value is -4.84. The van der Waals surface area contributed by atoms with Crippen LogP contribution in [0.4, 0.5) is 11.4 Å². The summed E-state index contributed by atoms with van der Waals surface area (Å²) in [7, 11) is 0. The largest absolute Gasteiger partial charge is 0.353 e. The van der Waals surface area contributed by atoms with Crippen LogP contribution in [0, 0.1) is 16.0 Å². The number of Topliss-reactive ketones (excluding diaryl/α,β-unsaturated/α-hetero) is 2. The van der Waals surface area contributed by atoms with E-state index in [2.05, 4.69) is 4.90 Å². The van der Waals surface area contributed by atoms with E-state index in [9.17, 15) is 19.7 Å². The fraction of sp³-hybridized carbons (Fsp3) is 0.125. The van der Waals surface area contributed by atoms with Gasteiger partial charge < -0.3 is 4.90 Å². The van der Waals surface area contributed by atoms with Gasteiger partial charge in [-0.3, -0.25) is 19.7 Å². The number of nitro benzene ring substituents is 1. The molecule has 2 aliphatic rings. The Morgan fingerprint density at radius 1 is 0.737 bits per heavy atom. The summed E-state index contributed by atoms with van der Waals surface area (Å²) in [5.41, 5.74) is 3.41. The number of anilines is 1. The van der Waals surface area contributed by atoms with Gasteiger partial charge in [0.2, 0.25) is 0 Å². The second-order valence-corrected chi connectivity index (χ2v) is 9.62. The molecule has 4 aromatic rings. The van der Waals surface area contributed by atoms with Crippen LogP contribution in [0.5, 0.6) is 0 Å². The van der Waals surface area contributed by atoms with Crippen molar-refractivity contribution in [2.45, 2.75) is 18.0 Å². The first-order chi connectivity index (χ1) is 18.5. The number of ketones is 2. The number of non-ortho nitro benzene ring substituents is 1. The molecule has 6 nitrogen and oxygen atoms in total. The summed E-state index contributed by atoms with van der Waals surface area (Å²) in [4.78, 5) is 41.6. The monoisotopic (exact) mass is 500 g/mol. The molecule has 0 aromatic heterocycles. The van der Waals surface area contributed by atoms with Gasteiger partial charge in [-0.2, -0.15) is 0 Å². The average molecular weight is 501 g/mol. The summed E-state index contributed by atoms with van der Waals surface area (Å²) >= 11 is 0. The Labute approximate surface area is 220 Å². The smallest absolute Gasteiger partial charge is 0.270 e. The van der Waals surface area contributed by atoms with Crippen LogP contribution in [0.25, 0.3) is 6.08 Å². The lowest BCUT2D eigenvalue weighted by molar-refractivity contribution is -0.384. The zero-order chi connectivity index (χ0) is 26.2. The maximum absolute atomic E-state index is 14.4. The first-order valence-corrected chi connectivity index (χ1v) is 12.5. The molecule has 4 atom stereocenters. The summed E-state index contributed by atoms with van der Waals surface area (Å²) in [6, 6.07) is 31.4. The zero-order valence-electron chi connectivity index (χ0n) is 20.4. The Balaban J connectivity index is 1.57. The predicted molar refractivity (Wildman–Crippen MR) is 146 cm³/mol. The minimum absolute atomic E-state index is 0.0344. The number of benzene rings is 4. The van der Waals surface area contributed by atoms with Crippen molar-refractivity contribution >= 4 is 29.0 Å². The lowest BCUT2D eigenvalue weighted by Gasteiger charge is -2.35. The number of carbonyl (C=O) groups excluding carboxylic acids is 2. The van der Waals surface area contributed by atoms with Crippen LogP contribution >= 0.6 is 0 Å². The van der Waals surface area contributed by atoms with E-state index in [1.165, 1.54) is 18.2 Å². The molecule has 6 heteroatoms. The number of para-hydroxylation sites is 1. The molecule has 0 saturated carbocycles. The van der Waals surface area contributed by atoms with Crippen molar-refractivity contribution in [3.05, 3.63) is 148 Å². The quantitative estimate of drug-likeness (QED) is 0.175. The highest BCUT2D eigenvalue weighted by molar-refractivity contribution is 6.07. The number of nitro groups is 1.